The summed E-state index contributed by atoms with van der Waals surface area (Å²) in [6.07, 6.45) is -0.670. The molecule has 0 aliphatic carbocycles. The number of ether oxygens (including phenoxy) is 3. The molecule has 0 saturated heterocycles. The molecule has 0 aromatic carbocycles. The predicted molar refractivity (Wildman–Crippen MR) is 66.4 cm³/mol. The van der Waals surface area contributed by atoms with E-state index in [-0.39, 0.29) is 13.2 Å². The van der Waals surface area contributed by atoms with Gasteiger partial charge in [-0.3, -0.25) is 9.59 Å². The van der Waals surface area contributed by atoms with Crippen LogP contribution in [0.15, 0.2) is 0 Å². The zero-order chi connectivity index (χ0) is 15.1. The van der Waals surface area contributed by atoms with Gasteiger partial charge in [0, 0.05) is 13.8 Å². The lowest BCUT2D eigenvalue weighted by molar-refractivity contribution is -0.144. The van der Waals surface area contributed by atoms with Gasteiger partial charge < -0.3 is 19.5 Å². The minimum atomic E-state index is -0.670. The first kappa shape index (κ1) is 17.2. The molecule has 0 bridgehead atoms. The third-order valence-corrected chi connectivity index (χ3v) is 1.70. The highest BCUT2D eigenvalue weighted by Crippen LogP contribution is 2.06. The van der Waals surface area contributed by atoms with Crippen molar-refractivity contribution in [2.45, 2.75) is 46.3 Å². The maximum Gasteiger partial charge on any atom is 0.408 e. The molecule has 0 radical (unpaired) electrons. The van der Waals surface area contributed by atoms with Crippen LogP contribution in [0.5, 0.6) is 0 Å². The largest absolute Gasteiger partial charge is 0.464 e. The smallest absolute Gasteiger partial charge is 0.408 e. The molecule has 1 amide bonds. The summed E-state index contributed by atoms with van der Waals surface area (Å²) in [5.41, 5.74) is -0.641. The Balaban J connectivity index is 4.34. The molecule has 0 atom stereocenters. The van der Waals surface area contributed by atoms with Gasteiger partial charge in [-0.1, -0.05) is 0 Å². The number of amides is 1. The Labute approximate surface area is 112 Å². The molecular weight excluding hydrogens is 254 g/mol. The van der Waals surface area contributed by atoms with Gasteiger partial charge in [-0.15, -0.1) is 0 Å². The average Bonchev–Trinajstić information content (AvgIpc) is 2.18. The Kier molecular flexibility index (Phi) is 6.89. The van der Waals surface area contributed by atoms with Crippen LogP contribution in [-0.4, -0.2) is 42.9 Å². The van der Waals surface area contributed by atoms with E-state index < -0.39 is 29.7 Å². The Hall–Kier alpha value is -1.79. The Morgan fingerprint density at radius 2 is 1.42 bits per heavy atom. The summed E-state index contributed by atoms with van der Waals surface area (Å²) in [6.45, 7) is 7.47. The first-order chi connectivity index (χ1) is 8.60. The van der Waals surface area contributed by atoms with Crippen molar-refractivity contribution in [1.82, 2.24) is 5.32 Å². The number of carbonyl (C=O) groups is 3. The topological polar surface area (TPSA) is 90.9 Å². The van der Waals surface area contributed by atoms with Gasteiger partial charge in [0.25, 0.3) is 0 Å². The van der Waals surface area contributed by atoms with Crippen molar-refractivity contribution in [3.63, 3.8) is 0 Å². The molecule has 19 heavy (non-hydrogen) atoms. The van der Waals surface area contributed by atoms with Crippen molar-refractivity contribution >= 4 is 18.0 Å². The Bertz CT molecular complexity index is 316. The number of alkyl carbamates (subject to hydrolysis) is 1. The standard InChI is InChI=1S/C12H21NO6/c1-8(14)17-6-10(7-18-9(2)15)13-11(16)19-12(3,4)5/h10H,6-7H2,1-5H3,(H,13,16). The summed E-state index contributed by atoms with van der Waals surface area (Å²) in [5.74, 6) is -0.974. The summed E-state index contributed by atoms with van der Waals surface area (Å²) in [6, 6.07) is -0.650. The van der Waals surface area contributed by atoms with Gasteiger partial charge in [0.1, 0.15) is 24.9 Å². The molecule has 1 N–H and O–H groups in total. The number of hydrogen-bond acceptors (Lipinski definition) is 6. The number of esters is 2. The van der Waals surface area contributed by atoms with E-state index in [0.29, 0.717) is 0 Å². The quantitative estimate of drug-likeness (QED) is 0.594. The molecule has 0 aliphatic rings. The predicted octanol–water partition coefficient (Wildman–Crippen LogP) is 1.01. The lowest BCUT2D eigenvalue weighted by Gasteiger charge is -2.23. The second-order valence-corrected chi connectivity index (χ2v) is 4.95. The third-order valence-electron chi connectivity index (χ3n) is 1.70. The van der Waals surface area contributed by atoms with E-state index >= 15 is 0 Å². The molecule has 0 unspecified atom stereocenters. The molecule has 0 aromatic heterocycles. The van der Waals surface area contributed by atoms with Gasteiger partial charge in [0.2, 0.25) is 0 Å². The van der Waals surface area contributed by atoms with Crippen molar-refractivity contribution in [3.8, 4) is 0 Å². The SMILES string of the molecule is CC(=O)OCC(COC(C)=O)NC(=O)OC(C)(C)C. The van der Waals surface area contributed by atoms with Crippen LogP contribution in [0.4, 0.5) is 4.79 Å². The molecule has 0 aromatic rings. The summed E-state index contributed by atoms with van der Waals surface area (Å²) >= 11 is 0. The highest BCUT2D eigenvalue weighted by molar-refractivity contribution is 5.69. The number of hydrogen-bond donors (Lipinski definition) is 1. The average molecular weight is 275 g/mol. The lowest BCUT2D eigenvalue weighted by atomic mass is 10.2. The van der Waals surface area contributed by atoms with Crippen LogP contribution in [0.25, 0.3) is 0 Å². The molecule has 7 heteroatoms. The van der Waals surface area contributed by atoms with Crippen LogP contribution in [0.2, 0.25) is 0 Å². The highest BCUT2D eigenvalue weighted by atomic mass is 16.6. The summed E-state index contributed by atoms with van der Waals surface area (Å²) < 4.78 is 14.6. The van der Waals surface area contributed by atoms with E-state index in [0.717, 1.165) is 0 Å². The van der Waals surface area contributed by atoms with Crippen LogP contribution in [0, 0.1) is 0 Å². The van der Waals surface area contributed by atoms with Gasteiger partial charge in [0.05, 0.1) is 0 Å². The highest BCUT2D eigenvalue weighted by Gasteiger charge is 2.21. The van der Waals surface area contributed by atoms with E-state index in [4.69, 9.17) is 14.2 Å². The summed E-state index contributed by atoms with van der Waals surface area (Å²) in [4.78, 5) is 33.0. The molecular formula is C12H21NO6. The molecule has 7 nitrogen and oxygen atoms in total. The van der Waals surface area contributed by atoms with Crippen LogP contribution in [-0.2, 0) is 23.8 Å². The molecule has 110 valence electrons. The third kappa shape index (κ3) is 11.1. The summed E-state index contributed by atoms with van der Waals surface area (Å²) in [7, 11) is 0. The second kappa shape index (κ2) is 7.60. The van der Waals surface area contributed by atoms with Crippen LogP contribution in [0.1, 0.15) is 34.6 Å². The zero-order valence-corrected chi connectivity index (χ0v) is 11.9. The molecule has 0 saturated carbocycles. The van der Waals surface area contributed by atoms with Gasteiger partial charge in [-0.05, 0) is 20.8 Å². The minimum absolute atomic E-state index is 0.0954. The fourth-order valence-corrected chi connectivity index (χ4v) is 1.04. The van der Waals surface area contributed by atoms with Gasteiger partial charge in [-0.2, -0.15) is 0 Å². The lowest BCUT2D eigenvalue weighted by Crippen LogP contribution is -2.44. The monoisotopic (exact) mass is 275 g/mol. The maximum atomic E-state index is 11.5. The second-order valence-electron chi connectivity index (χ2n) is 4.95. The minimum Gasteiger partial charge on any atom is -0.464 e. The van der Waals surface area contributed by atoms with Crippen molar-refractivity contribution < 1.29 is 28.6 Å². The van der Waals surface area contributed by atoms with E-state index in [1.54, 1.807) is 20.8 Å². The number of carbonyl (C=O) groups excluding carboxylic acids is 3. The van der Waals surface area contributed by atoms with E-state index in [1.165, 1.54) is 13.8 Å². The van der Waals surface area contributed by atoms with Gasteiger partial charge >= 0.3 is 18.0 Å². The molecule has 0 rings (SSSR count). The van der Waals surface area contributed by atoms with E-state index in [2.05, 4.69) is 5.32 Å². The molecule has 0 spiro atoms. The first-order valence-corrected chi connectivity index (χ1v) is 5.86. The van der Waals surface area contributed by atoms with Crippen LogP contribution >= 0.6 is 0 Å². The van der Waals surface area contributed by atoms with E-state index in [9.17, 15) is 14.4 Å². The Morgan fingerprint density at radius 1 is 1.00 bits per heavy atom. The normalized spacial score (nSPS) is 10.8. The molecule has 0 fully saturated rings. The number of rotatable bonds is 5. The van der Waals surface area contributed by atoms with Crippen molar-refractivity contribution in [2.24, 2.45) is 0 Å². The van der Waals surface area contributed by atoms with Crippen LogP contribution in [0.3, 0.4) is 0 Å². The van der Waals surface area contributed by atoms with Gasteiger partial charge in [0.15, 0.2) is 0 Å². The summed E-state index contributed by atoms with van der Waals surface area (Å²) in [5, 5.41) is 2.47. The van der Waals surface area contributed by atoms with Crippen molar-refractivity contribution in [3.05, 3.63) is 0 Å². The van der Waals surface area contributed by atoms with Crippen molar-refractivity contribution in [1.29, 1.82) is 0 Å². The van der Waals surface area contributed by atoms with Crippen molar-refractivity contribution in [2.75, 3.05) is 13.2 Å². The molecule has 0 aliphatic heterocycles. The molecule has 0 heterocycles. The zero-order valence-electron chi connectivity index (χ0n) is 11.9. The first-order valence-electron chi connectivity index (χ1n) is 5.86. The van der Waals surface area contributed by atoms with Crippen LogP contribution < -0.4 is 5.32 Å². The van der Waals surface area contributed by atoms with Gasteiger partial charge in [-0.25, -0.2) is 4.79 Å². The fraction of sp³-hybridized carbons (Fsp3) is 0.750. The fourth-order valence-electron chi connectivity index (χ4n) is 1.04. The Morgan fingerprint density at radius 3 is 1.74 bits per heavy atom. The van der Waals surface area contributed by atoms with E-state index in [1.807, 2.05) is 0 Å². The number of nitrogens with one attached hydrogen (secondary N) is 1. The maximum absolute atomic E-state index is 11.5.